The van der Waals surface area contributed by atoms with Gasteiger partial charge in [-0.05, 0) is 18.2 Å². The van der Waals surface area contributed by atoms with Crippen molar-refractivity contribution in [2.45, 2.75) is 11.5 Å². The number of nitrogens with zero attached hydrogens (tertiary/aromatic N) is 3. The molecule has 2 aromatic carbocycles. The first kappa shape index (κ1) is 22.5. The number of nitrogens with one attached hydrogen (secondary N) is 1. The third-order valence-electron chi connectivity index (χ3n) is 4.29. The summed E-state index contributed by atoms with van der Waals surface area (Å²) in [5.41, 5.74) is 2.32. The zero-order valence-electron chi connectivity index (χ0n) is 16.0. The second-order valence-corrected chi connectivity index (χ2v) is 8.15. The van der Waals surface area contributed by atoms with Crippen LogP contribution >= 0.6 is 0 Å². The third kappa shape index (κ3) is 5.51. The number of benzene rings is 2. The summed E-state index contributed by atoms with van der Waals surface area (Å²) < 4.78 is 61.9. The van der Waals surface area contributed by atoms with Gasteiger partial charge in [-0.1, -0.05) is 12.1 Å². The lowest BCUT2D eigenvalue weighted by atomic mass is 10.2. The van der Waals surface area contributed by atoms with E-state index in [-0.39, 0.29) is 48.2 Å². The average Bonchev–Trinajstić information content (AvgIpc) is 2.75. The zero-order chi connectivity index (χ0) is 22.4. The summed E-state index contributed by atoms with van der Waals surface area (Å²) in [6, 6.07) is 9.18. The molecule has 10 nitrogen and oxygen atoms in total. The monoisotopic (exact) mass is 456 g/mol. The van der Waals surface area contributed by atoms with E-state index in [1.165, 1.54) is 30.5 Å². The van der Waals surface area contributed by atoms with Gasteiger partial charge in [-0.25, -0.2) is 8.42 Å². The van der Waals surface area contributed by atoms with E-state index in [2.05, 4.69) is 15.3 Å². The quantitative estimate of drug-likeness (QED) is 0.368. The number of ether oxygens (including phenoxy) is 2. The van der Waals surface area contributed by atoms with E-state index in [1.54, 1.807) is 6.07 Å². The van der Waals surface area contributed by atoms with Gasteiger partial charge in [0.1, 0.15) is 10.6 Å². The zero-order valence-corrected chi connectivity index (χ0v) is 16.8. The Balaban J connectivity index is 1.91. The largest absolute Gasteiger partial charge is 0.434 e. The highest BCUT2D eigenvalue weighted by Crippen LogP contribution is 2.29. The molecule has 0 aliphatic carbocycles. The van der Waals surface area contributed by atoms with Gasteiger partial charge in [0.25, 0.3) is 5.69 Å². The maximum atomic E-state index is 13.0. The van der Waals surface area contributed by atoms with Crippen LogP contribution in [-0.4, -0.2) is 56.8 Å². The first-order chi connectivity index (χ1) is 14.8. The first-order valence-corrected chi connectivity index (χ1v) is 10.4. The predicted octanol–water partition coefficient (Wildman–Crippen LogP) is 2.66. The predicted molar refractivity (Wildman–Crippen MR) is 107 cm³/mol. The molecule has 0 spiro atoms. The number of nitro groups is 1. The van der Waals surface area contributed by atoms with Gasteiger partial charge >= 0.3 is 6.61 Å². The molecular formula is C18H18F2N4O6S. The molecule has 1 aliphatic heterocycles. The van der Waals surface area contributed by atoms with Gasteiger partial charge in [-0.3, -0.25) is 15.5 Å². The molecule has 0 amide bonds. The summed E-state index contributed by atoms with van der Waals surface area (Å²) >= 11 is 0. The topological polar surface area (TPSA) is 123 Å². The number of para-hydroxylation sites is 1. The van der Waals surface area contributed by atoms with Crippen LogP contribution in [0.25, 0.3) is 0 Å². The Hall–Kier alpha value is -3.16. The molecule has 0 bridgehead atoms. The fourth-order valence-electron chi connectivity index (χ4n) is 2.82. The highest BCUT2D eigenvalue weighted by molar-refractivity contribution is 7.89. The van der Waals surface area contributed by atoms with Gasteiger partial charge in [0.2, 0.25) is 10.0 Å². The van der Waals surface area contributed by atoms with E-state index in [9.17, 15) is 27.3 Å². The summed E-state index contributed by atoms with van der Waals surface area (Å²) in [4.78, 5) is 10.1. The van der Waals surface area contributed by atoms with Crippen molar-refractivity contribution in [3.63, 3.8) is 0 Å². The number of nitro benzene ring substituents is 1. The maximum absolute atomic E-state index is 13.0. The number of sulfonamides is 1. The molecule has 0 aromatic heterocycles. The normalized spacial score (nSPS) is 15.3. The van der Waals surface area contributed by atoms with Gasteiger partial charge in [0.05, 0.1) is 30.0 Å². The minimum absolute atomic E-state index is 0.0133. The number of rotatable bonds is 8. The van der Waals surface area contributed by atoms with Crippen LogP contribution in [0.15, 0.2) is 52.5 Å². The van der Waals surface area contributed by atoms with Crippen LogP contribution in [0.4, 0.5) is 20.2 Å². The Bertz CT molecular complexity index is 1070. The van der Waals surface area contributed by atoms with Crippen LogP contribution in [0.5, 0.6) is 5.75 Å². The van der Waals surface area contributed by atoms with Crippen molar-refractivity contribution in [3.8, 4) is 5.75 Å². The standard InChI is InChI=1S/C18H18F2N4O6S/c19-18(20)30-16-4-2-1-3-13(16)12-21-22-15-6-5-14(24(25)26)11-17(15)31(27,28)23-7-9-29-10-8-23/h1-6,11-12,18,22H,7-10H2/b21-12+. The number of halogens is 2. The van der Waals surface area contributed by atoms with Crippen LogP contribution in [0.3, 0.4) is 0 Å². The summed E-state index contributed by atoms with van der Waals surface area (Å²) in [5, 5.41) is 15.0. The molecule has 3 rings (SSSR count). The molecular weight excluding hydrogens is 438 g/mol. The first-order valence-electron chi connectivity index (χ1n) is 8.98. The maximum Gasteiger partial charge on any atom is 0.387 e. The van der Waals surface area contributed by atoms with Crippen molar-refractivity contribution in [1.82, 2.24) is 4.31 Å². The highest BCUT2D eigenvalue weighted by Gasteiger charge is 2.30. The number of anilines is 1. The minimum atomic E-state index is -4.08. The lowest BCUT2D eigenvalue weighted by Crippen LogP contribution is -2.40. The molecule has 2 aromatic rings. The highest BCUT2D eigenvalue weighted by atomic mass is 32.2. The number of hydrogen-bond acceptors (Lipinski definition) is 8. The molecule has 166 valence electrons. The van der Waals surface area contributed by atoms with Crippen molar-refractivity contribution in [2.24, 2.45) is 5.10 Å². The van der Waals surface area contributed by atoms with E-state index >= 15 is 0 Å². The van der Waals surface area contributed by atoms with Gasteiger partial charge in [0, 0.05) is 30.8 Å². The lowest BCUT2D eigenvalue weighted by Gasteiger charge is -2.26. The second-order valence-electron chi connectivity index (χ2n) is 6.24. The van der Waals surface area contributed by atoms with Crippen LogP contribution in [-0.2, 0) is 14.8 Å². The lowest BCUT2D eigenvalue weighted by molar-refractivity contribution is -0.385. The Morgan fingerprint density at radius 1 is 1.23 bits per heavy atom. The van der Waals surface area contributed by atoms with Crippen LogP contribution in [0, 0.1) is 10.1 Å². The van der Waals surface area contributed by atoms with Crippen molar-refractivity contribution >= 4 is 27.6 Å². The molecule has 1 fully saturated rings. The SMILES string of the molecule is O=[N+]([O-])c1ccc(N/N=C/c2ccccc2OC(F)F)c(S(=O)(=O)N2CCOCC2)c1. The summed E-state index contributed by atoms with van der Waals surface area (Å²) in [7, 11) is -4.08. The minimum Gasteiger partial charge on any atom is -0.434 e. The fourth-order valence-corrected chi connectivity index (χ4v) is 4.39. The van der Waals surface area contributed by atoms with E-state index in [4.69, 9.17) is 4.74 Å². The molecule has 0 saturated carbocycles. The van der Waals surface area contributed by atoms with E-state index in [0.29, 0.717) is 0 Å². The number of alkyl halides is 2. The third-order valence-corrected chi connectivity index (χ3v) is 6.23. The van der Waals surface area contributed by atoms with Crippen LogP contribution < -0.4 is 10.2 Å². The van der Waals surface area contributed by atoms with Crippen molar-refractivity contribution in [3.05, 3.63) is 58.1 Å². The molecule has 31 heavy (non-hydrogen) atoms. The van der Waals surface area contributed by atoms with Crippen molar-refractivity contribution in [2.75, 3.05) is 31.7 Å². The Morgan fingerprint density at radius 2 is 1.94 bits per heavy atom. The van der Waals surface area contributed by atoms with Gasteiger partial charge in [-0.2, -0.15) is 18.2 Å². The summed E-state index contributed by atoms with van der Waals surface area (Å²) in [6.45, 7) is -2.41. The van der Waals surface area contributed by atoms with Gasteiger partial charge in [0.15, 0.2) is 0 Å². The fraction of sp³-hybridized carbons (Fsp3) is 0.278. The second kappa shape index (κ2) is 9.76. The molecule has 0 unspecified atom stereocenters. The smallest absolute Gasteiger partial charge is 0.387 e. The number of hydrazone groups is 1. The van der Waals surface area contributed by atoms with Crippen LogP contribution in [0.2, 0.25) is 0 Å². The van der Waals surface area contributed by atoms with E-state index < -0.39 is 27.2 Å². The van der Waals surface area contributed by atoms with E-state index in [1.807, 2.05) is 0 Å². The molecule has 0 atom stereocenters. The Labute approximate surface area is 176 Å². The van der Waals surface area contributed by atoms with Crippen LogP contribution in [0.1, 0.15) is 5.56 Å². The molecule has 1 saturated heterocycles. The summed E-state index contributed by atoms with van der Waals surface area (Å²) in [5.74, 6) is -0.118. The number of hydrogen-bond donors (Lipinski definition) is 1. The van der Waals surface area contributed by atoms with E-state index in [0.717, 1.165) is 16.4 Å². The molecule has 1 N–H and O–H groups in total. The summed E-state index contributed by atoms with van der Waals surface area (Å²) in [6.07, 6.45) is 1.17. The molecule has 1 aliphatic rings. The Morgan fingerprint density at radius 3 is 2.61 bits per heavy atom. The number of morpholine rings is 1. The number of non-ortho nitro benzene ring substituents is 1. The average molecular weight is 456 g/mol. The Kier molecular flexibility index (Phi) is 7.09. The van der Waals surface area contributed by atoms with Crippen molar-refractivity contribution in [1.29, 1.82) is 0 Å². The van der Waals surface area contributed by atoms with Gasteiger partial charge < -0.3 is 9.47 Å². The molecule has 1 heterocycles. The molecule has 13 heteroatoms. The van der Waals surface area contributed by atoms with Crippen molar-refractivity contribution < 1.29 is 31.6 Å². The van der Waals surface area contributed by atoms with Gasteiger partial charge in [-0.15, -0.1) is 0 Å². The molecule has 0 radical (unpaired) electrons.